The van der Waals surface area contributed by atoms with E-state index in [2.05, 4.69) is 4.74 Å². The maximum Gasteiger partial charge on any atom is 0.434 e. The first-order valence-electron chi connectivity index (χ1n) is 6.73. The molecule has 0 bridgehead atoms. The zero-order valence-electron chi connectivity index (χ0n) is 11.7. The lowest BCUT2D eigenvalue weighted by molar-refractivity contribution is -0.312. The van der Waals surface area contributed by atoms with Crippen molar-refractivity contribution < 1.29 is 45.4 Å². The van der Waals surface area contributed by atoms with Gasteiger partial charge in [0.2, 0.25) is 0 Å². The van der Waals surface area contributed by atoms with Crippen molar-refractivity contribution in [1.82, 2.24) is 0 Å². The Kier molecular flexibility index (Phi) is 6.46. The number of hydrogen-bond acceptors (Lipinski definition) is 4. The van der Waals surface area contributed by atoms with Crippen molar-refractivity contribution in [2.24, 2.45) is 0 Å². The van der Waals surface area contributed by atoms with Crippen LogP contribution in [-0.2, 0) is 19.1 Å². The lowest BCUT2D eigenvalue weighted by Crippen LogP contribution is -2.45. The van der Waals surface area contributed by atoms with Crippen LogP contribution in [-0.4, -0.2) is 36.5 Å². The van der Waals surface area contributed by atoms with Gasteiger partial charge in [-0.1, -0.05) is 6.42 Å². The van der Waals surface area contributed by atoms with Gasteiger partial charge in [0.1, 0.15) is 6.10 Å². The third-order valence-corrected chi connectivity index (χ3v) is 3.02. The fourth-order valence-electron chi connectivity index (χ4n) is 2.00. The molecule has 0 saturated heterocycles. The van der Waals surface area contributed by atoms with Crippen LogP contribution in [0.25, 0.3) is 0 Å². The third kappa shape index (κ3) is 6.91. The van der Waals surface area contributed by atoms with E-state index in [4.69, 9.17) is 4.74 Å². The first-order valence-corrected chi connectivity index (χ1v) is 6.73. The standard InChI is InChI=1S/C13H14F6O4/c14-12(15,16)11(13(17,18)19)23-10(21)7-6-9(20)22-8-4-2-1-3-5-8/h6-8,11H,1-5H2/b7-6+. The van der Waals surface area contributed by atoms with Crippen LogP contribution in [0.5, 0.6) is 0 Å². The number of carbonyl (C=O) groups excluding carboxylic acids is 2. The molecule has 0 heterocycles. The minimum atomic E-state index is -5.80. The van der Waals surface area contributed by atoms with Crippen LogP contribution in [0, 0.1) is 0 Å². The molecule has 0 unspecified atom stereocenters. The summed E-state index contributed by atoms with van der Waals surface area (Å²) in [5, 5.41) is 0. The number of ether oxygens (including phenoxy) is 2. The van der Waals surface area contributed by atoms with Gasteiger partial charge in [-0.15, -0.1) is 0 Å². The molecule has 132 valence electrons. The Morgan fingerprint density at radius 3 is 1.83 bits per heavy atom. The number of esters is 2. The largest absolute Gasteiger partial charge is 0.459 e. The number of alkyl halides is 6. The van der Waals surface area contributed by atoms with Gasteiger partial charge in [0.15, 0.2) is 0 Å². The fraction of sp³-hybridized carbons (Fsp3) is 0.692. The van der Waals surface area contributed by atoms with Crippen LogP contribution in [0.1, 0.15) is 32.1 Å². The quantitative estimate of drug-likeness (QED) is 0.444. The van der Waals surface area contributed by atoms with Gasteiger partial charge in [0.05, 0.1) is 0 Å². The SMILES string of the molecule is O=C(/C=C/C(=O)OC(C(F)(F)F)C(F)(F)F)OC1CCCCC1. The summed E-state index contributed by atoms with van der Waals surface area (Å²) in [6.45, 7) is 0. The highest BCUT2D eigenvalue weighted by Crippen LogP contribution is 2.35. The van der Waals surface area contributed by atoms with Crippen molar-refractivity contribution in [2.45, 2.75) is 56.7 Å². The average molecular weight is 348 g/mol. The Morgan fingerprint density at radius 2 is 1.35 bits per heavy atom. The van der Waals surface area contributed by atoms with Crippen LogP contribution < -0.4 is 0 Å². The molecule has 1 aliphatic carbocycles. The normalized spacial score (nSPS) is 17.5. The van der Waals surface area contributed by atoms with Crippen LogP contribution in [0.2, 0.25) is 0 Å². The van der Waals surface area contributed by atoms with Crippen LogP contribution in [0.15, 0.2) is 12.2 Å². The van der Waals surface area contributed by atoms with Crippen molar-refractivity contribution in [2.75, 3.05) is 0 Å². The minimum Gasteiger partial charge on any atom is -0.459 e. The number of carbonyl (C=O) groups is 2. The molecule has 0 amide bonds. The molecule has 0 aliphatic heterocycles. The van der Waals surface area contributed by atoms with Crippen molar-refractivity contribution in [3.8, 4) is 0 Å². The van der Waals surface area contributed by atoms with Crippen molar-refractivity contribution >= 4 is 11.9 Å². The molecular weight excluding hydrogens is 334 g/mol. The molecule has 0 aromatic heterocycles. The smallest absolute Gasteiger partial charge is 0.434 e. The van der Waals surface area contributed by atoms with Crippen molar-refractivity contribution in [1.29, 1.82) is 0 Å². The van der Waals surface area contributed by atoms with E-state index in [0.717, 1.165) is 19.3 Å². The first kappa shape index (κ1) is 19.3. The first-order chi connectivity index (χ1) is 10.5. The second-order valence-electron chi connectivity index (χ2n) is 4.93. The molecule has 0 spiro atoms. The van der Waals surface area contributed by atoms with Crippen molar-refractivity contribution in [3.63, 3.8) is 0 Å². The van der Waals surface area contributed by atoms with E-state index in [1.165, 1.54) is 0 Å². The van der Waals surface area contributed by atoms with Gasteiger partial charge in [-0.3, -0.25) is 0 Å². The highest BCUT2D eigenvalue weighted by Gasteiger charge is 2.59. The van der Waals surface area contributed by atoms with Gasteiger partial charge in [-0.25, -0.2) is 9.59 Å². The zero-order chi connectivity index (χ0) is 17.7. The molecule has 0 N–H and O–H groups in total. The highest BCUT2D eigenvalue weighted by atomic mass is 19.4. The molecule has 0 aromatic rings. The number of halogens is 6. The molecule has 1 saturated carbocycles. The molecular formula is C13H14F6O4. The predicted molar refractivity (Wildman–Crippen MR) is 64.1 cm³/mol. The third-order valence-electron chi connectivity index (χ3n) is 3.02. The van der Waals surface area contributed by atoms with E-state index >= 15 is 0 Å². The highest BCUT2D eigenvalue weighted by molar-refractivity contribution is 5.91. The summed E-state index contributed by atoms with van der Waals surface area (Å²) in [6, 6.07) is 0. The monoisotopic (exact) mass is 348 g/mol. The van der Waals surface area contributed by atoms with Crippen LogP contribution in [0.4, 0.5) is 26.3 Å². The summed E-state index contributed by atoms with van der Waals surface area (Å²) in [5.41, 5.74) is 0. The molecule has 1 aliphatic rings. The van der Waals surface area contributed by atoms with E-state index in [0.29, 0.717) is 18.9 Å². The van der Waals surface area contributed by atoms with Gasteiger partial charge < -0.3 is 9.47 Å². The van der Waals surface area contributed by atoms with Crippen LogP contribution in [0.3, 0.4) is 0 Å². The van der Waals surface area contributed by atoms with E-state index < -0.39 is 30.4 Å². The Balaban J connectivity index is 2.54. The maximum absolute atomic E-state index is 12.2. The summed E-state index contributed by atoms with van der Waals surface area (Å²) < 4.78 is 81.3. The minimum absolute atomic E-state index is 0.176. The van der Waals surface area contributed by atoms with Gasteiger partial charge in [0.25, 0.3) is 6.10 Å². The molecule has 10 heteroatoms. The Hall–Kier alpha value is -1.74. The molecule has 1 fully saturated rings. The summed E-state index contributed by atoms with van der Waals surface area (Å²) in [4.78, 5) is 22.4. The Bertz CT molecular complexity index is 434. The zero-order valence-corrected chi connectivity index (χ0v) is 11.7. The molecule has 0 aromatic carbocycles. The summed E-state index contributed by atoms with van der Waals surface area (Å²) in [7, 11) is 0. The second kappa shape index (κ2) is 7.69. The van der Waals surface area contributed by atoms with E-state index in [9.17, 15) is 35.9 Å². The Morgan fingerprint density at radius 1 is 0.870 bits per heavy atom. The van der Waals surface area contributed by atoms with Gasteiger partial charge in [0, 0.05) is 12.2 Å². The van der Waals surface area contributed by atoms with Gasteiger partial charge in [-0.05, 0) is 25.7 Å². The van der Waals surface area contributed by atoms with E-state index in [-0.39, 0.29) is 12.2 Å². The average Bonchev–Trinajstić information content (AvgIpc) is 2.41. The molecule has 0 atom stereocenters. The predicted octanol–water partition coefficient (Wildman–Crippen LogP) is 3.45. The molecule has 4 nitrogen and oxygen atoms in total. The molecule has 0 radical (unpaired) electrons. The van der Waals surface area contributed by atoms with E-state index in [1.807, 2.05) is 0 Å². The summed E-state index contributed by atoms with van der Waals surface area (Å²) >= 11 is 0. The lowest BCUT2D eigenvalue weighted by Gasteiger charge is -2.22. The second-order valence-corrected chi connectivity index (χ2v) is 4.93. The summed E-state index contributed by atoms with van der Waals surface area (Å²) in [5.74, 6) is -2.96. The molecule has 23 heavy (non-hydrogen) atoms. The van der Waals surface area contributed by atoms with Gasteiger partial charge in [-0.2, -0.15) is 26.3 Å². The molecule has 1 rings (SSSR count). The number of rotatable bonds is 4. The number of hydrogen-bond donors (Lipinski definition) is 0. The Labute approximate surface area is 127 Å². The van der Waals surface area contributed by atoms with E-state index in [1.54, 1.807) is 0 Å². The van der Waals surface area contributed by atoms with Gasteiger partial charge >= 0.3 is 24.3 Å². The lowest BCUT2D eigenvalue weighted by atomic mass is 9.98. The van der Waals surface area contributed by atoms with Crippen molar-refractivity contribution in [3.05, 3.63) is 12.2 Å². The topological polar surface area (TPSA) is 52.6 Å². The van der Waals surface area contributed by atoms with Crippen LogP contribution >= 0.6 is 0 Å². The summed E-state index contributed by atoms with van der Waals surface area (Å²) in [6.07, 6.45) is -11.7. The maximum atomic E-state index is 12.2. The fourth-order valence-corrected chi connectivity index (χ4v) is 2.00.